The van der Waals surface area contributed by atoms with E-state index >= 15 is 0 Å². The molecule has 1 atom stereocenters. The number of carbonyl (C=O) groups excluding carboxylic acids is 2. The molecule has 0 bridgehead atoms. The van der Waals surface area contributed by atoms with Crippen LogP contribution in [0.25, 0.3) is 0 Å². The molecule has 0 aliphatic carbocycles. The Labute approximate surface area is 229 Å². The van der Waals surface area contributed by atoms with Crippen LogP contribution in [0, 0.1) is 10.1 Å². The van der Waals surface area contributed by atoms with Crippen molar-refractivity contribution in [1.82, 2.24) is 5.32 Å². The van der Waals surface area contributed by atoms with Crippen molar-refractivity contribution >= 4 is 17.6 Å². The van der Waals surface area contributed by atoms with Crippen LogP contribution in [0.5, 0.6) is 5.75 Å². The van der Waals surface area contributed by atoms with Crippen LogP contribution in [0.15, 0.2) is 18.2 Å². The molecule has 0 saturated carbocycles. The maximum Gasteiger partial charge on any atom is 0.328 e. The van der Waals surface area contributed by atoms with Gasteiger partial charge in [0.15, 0.2) is 5.75 Å². The summed E-state index contributed by atoms with van der Waals surface area (Å²) < 4.78 is 10.2. The normalized spacial score (nSPS) is 11.7. The van der Waals surface area contributed by atoms with E-state index in [0.717, 1.165) is 19.3 Å². The van der Waals surface area contributed by atoms with E-state index in [9.17, 15) is 19.7 Å². The number of nitro benzene ring substituents is 1. The third-order valence-electron chi connectivity index (χ3n) is 6.79. The first-order chi connectivity index (χ1) is 18.4. The summed E-state index contributed by atoms with van der Waals surface area (Å²) in [6.07, 6.45) is 19.3. The molecule has 0 aromatic heterocycles. The molecule has 8 heteroatoms. The highest BCUT2D eigenvalue weighted by Gasteiger charge is 2.24. The molecule has 8 nitrogen and oxygen atoms in total. The standard InChI is InChI=1S/C30H50N2O6/c1-4-6-7-8-9-10-11-12-13-14-15-16-17-18-19-20-29(33)31-26(30(34)38-5-2)23-25-21-22-28(37-3)27(24-25)32(35)36/h21-22,24,26H,4-20,23H2,1-3H3,(H,31,33)/t26-/m0/s1. The number of hydrogen-bond donors (Lipinski definition) is 1. The Morgan fingerprint density at radius 2 is 1.39 bits per heavy atom. The van der Waals surface area contributed by atoms with E-state index in [2.05, 4.69) is 12.2 Å². The third-order valence-corrected chi connectivity index (χ3v) is 6.79. The largest absolute Gasteiger partial charge is 0.490 e. The highest BCUT2D eigenvalue weighted by molar-refractivity contribution is 5.84. The Bertz CT molecular complexity index is 814. The van der Waals surface area contributed by atoms with Gasteiger partial charge in [0.05, 0.1) is 18.6 Å². The van der Waals surface area contributed by atoms with Gasteiger partial charge < -0.3 is 14.8 Å². The molecule has 0 radical (unpaired) electrons. The zero-order valence-electron chi connectivity index (χ0n) is 23.9. The molecular weight excluding hydrogens is 484 g/mol. The second-order valence-electron chi connectivity index (χ2n) is 10.0. The Morgan fingerprint density at radius 1 is 0.868 bits per heavy atom. The van der Waals surface area contributed by atoms with E-state index in [0.29, 0.717) is 12.0 Å². The number of ether oxygens (including phenoxy) is 2. The molecule has 1 rings (SSSR count). The van der Waals surface area contributed by atoms with Crippen LogP contribution in [0.1, 0.15) is 122 Å². The SMILES string of the molecule is CCCCCCCCCCCCCCCCCC(=O)N[C@@H](Cc1ccc(OC)c([N+](=O)[O-])c1)C(=O)OCC. The summed E-state index contributed by atoms with van der Waals surface area (Å²) in [6.45, 7) is 4.14. The van der Waals surface area contributed by atoms with Gasteiger partial charge in [0, 0.05) is 18.9 Å². The molecule has 0 spiro atoms. The van der Waals surface area contributed by atoms with Crippen LogP contribution in [0.3, 0.4) is 0 Å². The van der Waals surface area contributed by atoms with E-state index in [-0.39, 0.29) is 30.4 Å². The summed E-state index contributed by atoms with van der Waals surface area (Å²) >= 11 is 0. The number of methoxy groups -OCH3 is 1. The zero-order valence-corrected chi connectivity index (χ0v) is 23.9. The predicted molar refractivity (Wildman–Crippen MR) is 151 cm³/mol. The van der Waals surface area contributed by atoms with Gasteiger partial charge in [-0.3, -0.25) is 14.9 Å². The van der Waals surface area contributed by atoms with Crippen LogP contribution in [-0.4, -0.2) is 36.6 Å². The highest BCUT2D eigenvalue weighted by atomic mass is 16.6. The first-order valence-corrected chi connectivity index (χ1v) is 14.7. The van der Waals surface area contributed by atoms with E-state index in [4.69, 9.17) is 9.47 Å². The van der Waals surface area contributed by atoms with Crippen molar-refractivity contribution in [3.63, 3.8) is 0 Å². The lowest BCUT2D eigenvalue weighted by Gasteiger charge is -2.17. The summed E-state index contributed by atoms with van der Waals surface area (Å²) in [5.41, 5.74) is 0.361. The van der Waals surface area contributed by atoms with Gasteiger partial charge in [0.2, 0.25) is 5.91 Å². The second-order valence-corrected chi connectivity index (χ2v) is 10.0. The first-order valence-electron chi connectivity index (χ1n) is 14.7. The van der Waals surface area contributed by atoms with Gasteiger partial charge in [0.1, 0.15) is 6.04 Å². The lowest BCUT2D eigenvalue weighted by atomic mass is 10.0. The summed E-state index contributed by atoms with van der Waals surface area (Å²) in [4.78, 5) is 35.7. The van der Waals surface area contributed by atoms with E-state index < -0.39 is 16.9 Å². The Balaban J connectivity index is 2.28. The van der Waals surface area contributed by atoms with Crippen molar-refractivity contribution in [2.75, 3.05) is 13.7 Å². The maximum atomic E-state index is 12.5. The summed E-state index contributed by atoms with van der Waals surface area (Å²) in [7, 11) is 1.36. The Hall–Kier alpha value is -2.64. The van der Waals surface area contributed by atoms with Crippen LogP contribution in [-0.2, 0) is 20.7 Å². The van der Waals surface area contributed by atoms with Gasteiger partial charge in [-0.15, -0.1) is 0 Å². The monoisotopic (exact) mass is 534 g/mol. The molecule has 0 unspecified atom stereocenters. The fourth-order valence-corrected chi connectivity index (χ4v) is 4.60. The number of nitro groups is 1. The second kappa shape index (κ2) is 21.3. The molecule has 1 N–H and O–H groups in total. The lowest BCUT2D eigenvalue weighted by molar-refractivity contribution is -0.385. The number of nitrogens with zero attached hydrogens (tertiary/aromatic N) is 1. The minimum atomic E-state index is -0.896. The van der Waals surface area contributed by atoms with E-state index in [1.54, 1.807) is 13.0 Å². The van der Waals surface area contributed by atoms with Crippen molar-refractivity contribution in [2.45, 2.75) is 129 Å². The lowest BCUT2D eigenvalue weighted by Crippen LogP contribution is -2.43. The molecule has 1 aromatic rings. The predicted octanol–water partition coefficient (Wildman–Crippen LogP) is 7.46. The topological polar surface area (TPSA) is 108 Å². The van der Waals surface area contributed by atoms with Crippen molar-refractivity contribution in [3.05, 3.63) is 33.9 Å². The van der Waals surface area contributed by atoms with Crippen molar-refractivity contribution < 1.29 is 24.0 Å². The number of amides is 1. The van der Waals surface area contributed by atoms with Gasteiger partial charge in [-0.2, -0.15) is 0 Å². The summed E-state index contributed by atoms with van der Waals surface area (Å²) in [5, 5.41) is 14.1. The molecular formula is C30H50N2O6. The molecule has 0 heterocycles. The Morgan fingerprint density at radius 3 is 1.87 bits per heavy atom. The minimum absolute atomic E-state index is 0.105. The Kier molecular flexibility index (Phi) is 18.7. The highest BCUT2D eigenvalue weighted by Crippen LogP contribution is 2.28. The smallest absolute Gasteiger partial charge is 0.328 e. The van der Waals surface area contributed by atoms with Crippen LogP contribution in [0.4, 0.5) is 5.69 Å². The quantitative estimate of drug-likeness (QED) is 0.0676. The van der Waals surface area contributed by atoms with E-state index in [1.165, 1.54) is 96.3 Å². The number of benzene rings is 1. The molecule has 216 valence electrons. The minimum Gasteiger partial charge on any atom is -0.490 e. The number of unbranched alkanes of at least 4 members (excludes halogenated alkanes) is 14. The van der Waals surface area contributed by atoms with Crippen LogP contribution < -0.4 is 10.1 Å². The first kappa shape index (κ1) is 33.4. The molecule has 38 heavy (non-hydrogen) atoms. The molecule has 1 amide bonds. The average Bonchev–Trinajstić information content (AvgIpc) is 2.90. The summed E-state index contributed by atoms with van der Waals surface area (Å²) in [6, 6.07) is 3.62. The number of rotatable bonds is 23. The zero-order chi connectivity index (χ0) is 28.0. The molecule has 1 aromatic carbocycles. The van der Waals surface area contributed by atoms with Gasteiger partial charge in [-0.1, -0.05) is 103 Å². The molecule has 0 saturated heterocycles. The number of esters is 1. The average molecular weight is 535 g/mol. The van der Waals surface area contributed by atoms with Crippen molar-refractivity contribution in [1.29, 1.82) is 0 Å². The molecule has 0 fully saturated rings. The maximum absolute atomic E-state index is 12.5. The number of carbonyl (C=O) groups is 2. The van der Waals surface area contributed by atoms with Gasteiger partial charge >= 0.3 is 11.7 Å². The van der Waals surface area contributed by atoms with Crippen LogP contribution >= 0.6 is 0 Å². The van der Waals surface area contributed by atoms with Crippen LogP contribution in [0.2, 0.25) is 0 Å². The van der Waals surface area contributed by atoms with Gasteiger partial charge in [0.25, 0.3) is 0 Å². The number of nitrogens with one attached hydrogen (secondary N) is 1. The van der Waals surface area contributed by atoms with Crippen molar-refractivity contribution in [3.8, 4) is 5.75 Å². The molecule has 0 aliphatic heterocycles. The summed E-state index contributed by atoms with van der Waals surface area (Å²) in [5.74, 6) is -0.611. The third kappa shape index (κ3) is 14.9. The van der Waals surface area contributed by atoms with Gasteiger partial charge in [-0.25, -0.2) is 4.79 Å². The number of hydrogen-bond acceptors (Lipinski definition) is 6. The van der Waals surface area contributed by atoms with E-state index in [1.807, 2.05) is 0 Å². The molecule has 0 aliphatic rings. The fourth-order valence-electron chi connectivity index (χ4n) is 4.60. The van der Waals surface area contributed by atoms with Gasteiger partial charge in [-0.05, 0) is 25.0 Å². The fraction of sp³-hybridized carbons (Fsp3) is 0.733. The van der Waals surface area contributed by atoms with Crippen molar-refractivity contribution in [2.24, 2.45) is 0 Å².